The number of nitrogens with zero attached hydrogens (tertiary/aromatic N) is 2. The van der Waals surface area contributed by atoms with Crippen LogP contribution >= 0.6 is 0 Å². The molecule has 108 valence electrons. The van der Waals surface area contributed by atoms with Crippen molar-refractivity contribution in [1.29, 1.82) is 0 Å². The molecule has 4 heteroatoms. The molecule has 4 nitrogen and oxygen atoms in total. The van der Waals surface area contributed by atoms with Crippen molar-refractivity contribution in [2.45, 2.75) is 26.2 Å². The number of anilines is 1. The first-order chi connectivity index (χ1) is 9.58. The average molecular weight is 274 g/mol. The van der Waals surface area contributed by atoms with Crippen molar-refractivity contribution < 1.29 is 9.59 Å². The van der Waals surface area contributed by atoms with Crippen LogP contribution in [-0.2, 0) is 9.59 Å². The molecule has 1 fully saturated rings. The summed E-state index contributed by atoms with van der Waals surface area (Å²) in [6, 6.07) is 9.40. The van der Waals surface area contributed by atoms with Crippen LogP contribution in [0.5, 0.6) is 0 Å². The van der Waals surface area contributed by atoms with Gasteiger partial charge in [-0.2, -0.15) is 0 Å². The monoisotopic (exact) mass is 274 g/mol. The second-order valence-electron chi connectivity index (χ2n) is 5.55. The van der Waals surface area contributed by atoms with Crippen LogP contribution in [0.25, 0.3) is 0 Å². The Hall–Kier alpha value is -1.84. The highest BCUT2D eigenvalue weighted by Gasteiger charge is 2.24. The Morgan fingerprint density at radius 1 is 1.30 bits per heavy atom. The number of carbonyl (C=O) groups is 2. The largest absolute Gasteiger partial charge is 0.342 e. The smallest absolute Gasteiger partial charge is 0.236 e. The molecule has 1 heterocycles. The molecule has 1 atom stereocenters. The standard InChI is InChI=1S/C16H22N2O2/c1-13-7-6-10-18(12-13)16(20)11-15(19)17(2)14-8-4-3-5-9-14/h3-5,8-9,13H,6-7,10-12H2,1-2H3. The zero-order chi connectivity index (χ0) is 14.5. The van der Waals surface area contributed by atoms with Crippen molar-refractivity contribution in [3.63, 3.8) is 0 Å². The van der Waals surface area contributed by atoms with Crippen LogP contribution in [0.4, 0.5) is 5.69 Å². The molecule has 0 N–H and O–H groups in total. The lowest BCUT2D eigenvalue weighted by atomic mass is 10.00. The zero-order valence-corrected chi connectivity index (χ0v) is 12.2. The number of hydrogen-bond acceptors (Lipinski definition) is 2. The Morgan fingerprint density at radius 3 is 2.65 bits per heavy atom. The maximum Gasteiger partial charge on any atom is 0.236 e. The van der Waals surface area contributed by atoms with Gasteiger partial charge in [-0.3, -0.25) is 9.59 Å². The zero-order valence-electron chi connectivity index (χ0n) is 12.2. The van der Waals surface area contributed by atoms with Gasteiger partial charge in [-0.05, 0) is 30.9 Å². The van der Waals surface area contributed by atoms with E-state index in [1.165, 1.54) is 6.42 Å². The SMILES string of the molecule is CC1CCCN(C(=O)CC(=O)N(C)c2ccccc2)C1. The topological polar surface area (TPSA) is 40.6 Å². The van der Waals surface area contributed by atoms with Crippen molar-refractivity contribution in [2.24, 2.45) is 5.92 Å². The molecule has 2 rings (SSSR count). The van der Waals surface area contributed by atoms with E-state index in [1.807, 2.05) is 35.2 Å². The minimum absolute atomic E-state index is 0.0435. The van der Waals surface area contributed by atoms with Crippen molar-refractivity contribution in [2.75, 3.05) is 25.0 Å². The van der Waals surface area contributed by atoms with Crippen molar-refractivity contribution in [3.8, 4) is 0 Å². The third-order valence-corrected chi connectivity index (χ3v) is 3.83. The summed E-state index contributed by atoms with van der Waals surface area (Å²) < 4.78 is 0. The summed E-state index contributed by atoms with van der Waals surface area (Å²) in [7, 11) is 1.71. The highest BCUT2D eigenvalue weighted by atomic mass is 16.2. The quantitative estimate of drug-likeness (QED) is 0.794. The lowest BCUT2D eigenvalue weighted by molar-refractivity contribution is -0.136. The lowest BCUT2D eigenvalue weighted by Crippen LogP contribution is -2.41. The van der Waals surface area contributed by atoms with Crippen LogP contribution in [-0.4, -0.2) is 36.9 Å². The van der Waals surface area contributed by atoms with E-state index >= 15 is 0 Å². The Morgan fingerprint density at radius 2 is 2.00 bits per heavy atom. The maximum atomic E-state index is 12.2. The van der Waals surface area contributed by atoms with E-state index in [9.17, 15) is 9.59 Å². The Labute approximate surface area is 120 Å². The van der Waals surface area contributed by atoms with E-state index in [-0.39, 0.29) is 18.2 Å². The predicted molar refractivity (Wildman–Crippen MR) is 79.4 cm³/mol. The first kappa shape index (κ1) is 14.6. The van der Waals surface area contributed by atoms with E-state index < -0.39 is 0 Å². The van der Waals surface area contributed by atoms with Crippen molar-refractivity contribution in [1.82, 2.24) is 4.90 Å². The predicted octanol–water partition coefficient (Wildman–Crippen LogP) is 2.30. The van der Waals surface area contributed by atoms with Gasteiger partial charge in [-0.1, -0.05) is 25.1 Å². The normalized spacial score (nSPS) is 18.7. The first-order valence-corrected chi connectivity index (χ1v) is 7.17. The van der Waals surface area contributed by atoms with Crippen LogP contribution in [0, 0.1) is 5.92 Å². The number of amides is 2. The molecule has 1 aliphatic rings. The summed E-state index contributed by atoms with van der Waals surface area (Å²) >= 11 is 0. The number of para-hydroxylation sites is 1. The van der Waals surface area contributed by atoms with E-state index in [1.54, 1.807) is 11.9 Å². The van der Waals surface area contributed by atoms with Crippen LogP contribution in [0.3, 0.4) is 0 Å². The fourth-order valence-corrected chi connectivity index (χ4v) is 2.57. The Bertz CT molecular complexity index is 473. The Kier molecular flexibility index (Phi) is 4.77. The molecule has 1 aromatic rings. The number of benzene rings is 1. The number of carbonyl (C=O) groups excluding carboxylic acids is 2. The molecule has 1 aromatic carbocycles. The molecule has 0 aliphatic carbocycles. The van der Waals surface area contributed by atoms with E-state index in [0.29, 0.717) is 5.92 Å². The molecule has 0 radical (unpaired) electrons. The van der Waals surface area contributed by atoms with Gasteiger partial charge >= 0.3 is 0 Å². The summed E-state index contributed by atoms with van der Waals surface area (Å²) in [6.07, 6.45) is 2.16. The van der Waals surface area contributed by atoms with Crippen LogP contribution < -0.4 is 4.90 Å². The third kappa shape index (κ3) is 3.59. The fourth-order valence-electron chi connectivity index (χ4n) is 2.57. The highest BCUT2D eigenvalue weighted by molar-refractivity contribution is 6.04. The Balaban J connectivity index is 1.92. The van der Waals surface area contributed by atoms with Gasteiger partial charge in [0.05, 0.1) is 0 Å². The number of hydrogen-bond donors (Lipinski definition) is 0. The lowest BCUT2D eigenvalue weighted by Gasteiger charge is -2.31. The van der Waals surface area contributed by atoms with Gasteiger partial charge in [0.25, 0.3) is 0 Å². The minimum atomic E-state index is -0.153. The molecule has 0 saturated carbocycles. The van der Waals surface area contributed by atoms with Gasteiger partial charge in [0.15, 0.2) is 0 Å². The summed E-state index contributed by atoms with van der Waals surface area (Å²) in [6.45, 7) is 3.71. The van der Waals surface area contributed by atoms with E-state index in [2.05, 4.69) is 6.92 Å². The molecule has 0 bridgehead atoms. The van der Waals surface area contributed by atoms with Gasteiger partial charge in [0.2, 0.25) is 11.8 Å². The van der Waals surface area contributed by atoms with E-state index in [0.717, 1.165) is 25.2 Å². The van der Waals surface area contributed by atoms with Gasteiger partial charge in [-0.25, -0.2) is 0 Å². The average Bonchev–Trinajstić information content (AvgIpc) is 2.47. The maximum absolute atomic E-state index is 12.2. The number of piperidine rings is 1. The van der Waals surface area contributed by atoms with Crippen LogP contribution in [0.2, 0.25) is 0 Å². The molecule has 0 spiro atoms. The molecular formula is C16H22N2O2. The first-order valence-electron chi connectivity index (χ1n) is 7.17. The van der Waals surface area contributed by atoms with E-state index in [4.69, 9.17) is 0 Å². The van der Waals surface area contributed by atoms with Gasteiger partial charge in [0.1, 0.15) is 6.42 Å². The molecule has 1 saturated heterocycles. The molecule has 1 aliphatic heterocycles. The van der Waals surface area contributed by atoms with Crippen LogP contribution in [0.15, 0.2) is 30.3 Å². The fraction of sp³-hybridized carbons (Fsp3) is 0.500. The van der Waals surface area contributed by atoms with Crippen molar-refractivity contribution >= 4 is 17.5 Å². The van der Waals surface area contributed by atoms with Crippen LogP contribution in [0.1, 0.15) is 26.2 Å². The second kappa shape index (κ2) is 6.55. The van der Waals surface area contributed by atoms with Crippen molar-refractivity contribution in [3.05, 3.63) is 30.3 Å². The summed E-state index contributed by atoms with van der Waals surface area (Å²) in [5.41, 5.74) is 0.817. The number of likely N-dealkylation sites (tertiary alicyclic amines) is 1. The molecular weight excluding hydrogens is 252 g/mol. The molecule has 1 unspecified atom stereocenters. The summed E-state index contributed by atoms with van der Waals surface area (Å²) in [5.74, 6) is 0.332. The summed E-state index contributed by atoms with van der Waals surface area (Å²) in [4.78, 5) is 27.7. The van der Waals surface area contributed by atoms with Gasteiger partial charge < -0.3 is 9.80 Å². The minimum Gasteiger partial charge on any atom is -0.342 e. The molecule has 2 amide bonds. The third-order valence-electron chi connectivity index (χ3n) is 3.83. The van der Waals surface area contributed by atoms with Gasteiger partial charge in [0, 0.05) is 25.8 Å². The molecule has 0 aromatic heterocycles. The van der Waals surface area contributed by atoms with Gasteiger partial charge in [-0.15, -0.1) is 0 Å². The highest BCUT2D eigenvalue weighted by Crippen LogP contribution is 2.17. The second-order valence-corrected chi connectivity index (χ2v) is 5.55. The molecule has 20 heavy (non-hydrogen) atoms. The summed E-state index contributed by atoms with van der Waals surface area (Å²) in [5, 5.41) is 0. The number of rotatable bonds is 3.